The Morgan fingerprint density at radius 2 is 2.21 bits per heavy atom. The van der Waals surface area contributed by atoms with Crippen LogP contribution in [0.25, 0.3) is 0 Å². The van der Waals surface area contributed by atoms with Gasteiger partial charge in [-0.05, 0) is 13.0 Å². The summed E-state index contributed by atoms with van der Waals surface area (Å²) in [5.74, 6) is -1.63. The van der Waals surface area contributed by atoms with Gasteiger partial charge in [0.25, 0.3) is 11.6 Å². The smallest absolute Gasteiger partial charge is 0.325 e. The number of carboxylic acid groups (broad SMARTS) is 1. The van der Waals surface area contributed by atoms with Crippen LogP contribution < -0.4 is 10.1 Å². The standard InChI is InChI=1S/C11H12N2O6/c1-7(11(15)16)12-10(14)6-19-9-4-2-3-8(5-9)13(17)18/h2-5,7H,6H2,1H3,(H,12,14)(H,15,16)/t7-/m1/s1. The van der Waals surface area contributed by atoms with Crippen LogP contribution in [0.4, 0.5) is 5.69 Å². The first kappa shape index (κ1) is 14.4. The molecule has 1 rings (SSSR count). The van der Waals surface area contributed by atoms with E-state index in [1.807, 2.05) is 0 Å². The van der Waals surface area contributed by atoms with Gasteiger partial charge in [-0.15, -0.1) is 0 Å². The quantitative estimate of drug-likeness (QED) is 0.574. The number of non-ortho nitro benzene ring substituents is 1. The highest BCUT2D eigenvalue weighted by Gasteiger charge is 2.14. The van der Waals surface area contributed by atoms with Crippen LogP contribution in [-0.4, -0.2) is 34.6 Å². The normalized spacial score (nSPS) is 11.4. The minimum Gasteiger partial charge on any atom is -0.484 e. The van der Waals surface area contributed by atoms with E-state index in [2.05, 4.69) is 5.32 Å². The van der Waals surface area contributed by atoms with Crippen LogP contribution in [0.2, 0.25) is 0 Å². The van der Waals surface area contributed by atoms with Crippen molar-refractivity contribution in [2.75, 3.05) is 6.61 Å². The number of nitrogens with one attached hydrogen (secondary N) is 1. The minimum absolute atomic E-state index is 0.156. The largest absolute Gasteiger partial charge is 0.484 e. The highest BCUT2D eigenvalue weighted by atomic mass is 16.6. The Morgan fingerprint density at radius 3 is 2.79 bits per heavy atom. The van der Waals surface area contributed by atoms with Crippen LogP contribution in [0.1, 0.15) is 6.92 Å². The van der Waals surface area contributed by atoms with Crippen molar-refractivity contribution in [3.63, 3.8) is 0 Å². The van der Waals surface area contributed by atoms with E-state index in [9.17, 15) is 19.7 Å². The third kappa shape index (κ3) is 4.62. The monoisotopic (exact) mass is 268 g/mol. The molecule has 8 nitrogen and oxygen atoms in total. The van der Waals surface area contributed by atoms with Crippen molar-refractivity contribution in [1.29, 1.82) is 0 Å². The molecule has 8 heteroatoms. The van der Waals surface area contributed by atoms with Crippen LogP contribution in [-0.2, 0) is 9.59 Å². The maximum absolute atomic E-state index is 11.3. The van der Waals surface area contributed by atoms with Gasteiger partial charge in [0, 0.05) is 6.07 Å². The van der Waals surface area contributed by atoms with E-state index in [4.69, 9.17) is 9.84 Å². The molecule has 19 heavy (non-hydrogen) atoms. The Bertz CT molecular complexity index is 502. The number of nitro benzene ring substituents is 1. The predicted molar refractivity (Wildman–Crippen MR) is 63.8 cm³/mol. The van der Waals surface area contributed by atoms with Crippen molar-refractivity contribution >= 4 is 17.6 Å². The molecule has 0 radical (unpaired) electrons. The topological polar surface area (TPSA) is 119 Å². The van der Waals surface area contributed by atoms with Gasteiger partial charge in [0.2, 0.25) is 0 Å². The van der Waals surface area contributed by atoms with Crippen molar-refractivity contribution in [2.45, 2.75) is 13.0 Å². The van der Waals surface area contributed by atoms with E-state index in [0.29, 0.717) is 0 Å². The summed E-state index contributed by atoms with van der Waals surface area (Å²) >= 11 is 0. The van der Waals surface area contributed by atoms with Crippen LogP contribution in [0.5, 0.6) is 5.75 Å². The summed E-state index contributed by atoms with van der Waals surface area (Å²) in [5, 5.41) is 21.3. The van der Waals surface area contributed by atoms with Gasteiger partial charge in [-0.1, -0.05) is 6.07 Å². The van der Waals surface area contributed by atoms with Crippen LogP contribution in [0, 0.1) is 10.1 Å². The first-order valence-corrected chi connectivity index (χ1v) is 5.29. The average molecular weight is 268 g/mol. The van der Waals surface area contributed by atoms with Crippen molar-refractivity contribution in [1.82, 2.24) is 5.32 Å². The van der Waals surface area contributed by atoms with Crippen molar-refractivity contribution in [3.05, 3.63) is 34.4 Å². The van der Waals surface area contributed by atoms with E-state index in [0.717, 1.165) is 0 Å². The zero-order chi connectivity index (χ0) is 14.4. The lowest BCUT2D eigenvalue weighted by Crippen LogP contribution is -2.40. The molecule has 1 aromatic rings. The van der Waals surface area contributed by atoms with E-state index in [1.165, 1.54) is 31.2 Å². The van der Waals surface area contributed by atoms with Gasteiger partial charge >= 0.3 is 5.97 Å². The number of benzene rings is 1. The number of carbonyl (C=O) groups is 2. The molecule has 0 aromatic heterocycles. The molecule has 0 fully saturated rings. The molecule has 102 valence electrons. The van der Waals surface area contributed by atoms with Crippen molar-refractivity contribution in [2.24, 2.45) is 0 Å². The second-order valence-corrected chi connectivity index (χ2v) is 3.67. The Kier molecular flexibility index (Phi) is 4.81. The van der Waals surface area contributed by atoms with Gasteiger partial charge in [-0.25, -0.2) is 0 Å². The molecule has 2 N–H and O–H groups in total. The van der Waals surface area contributed by atoms with Gasteiger partial charge in [-0.3, -0.25) is 19.7 Å². The maximum atomic E-state index is 11.3. The number of aliphatic carboxylic acids is 1. The molecular formula is C11H12N2O6. The van der Waals surface area contributed by atoms with E-state index < -0.39 is 29.4 Å². The van der Waals surface area contributed by atoms with Crippen LogP contribution in [0.15, 0.2) is 24.3 Å². The number of hydrogen-bond acceptors (Lipinski definition) is 5. The summed E-state index contributed by atoms with van der Waals surface area (Å²) in [6.45, 7) is 0.895. The molecule has 1 amide bonds. The fourth-order valence-corrected chi connectivity index (χ4v) is 1.18. The van der Waals surface area contributed by atoms with E-state index >= 15 is 0 Å². The number of rotatable bonds is 6. The number of nitrogens with zero attached hydrogens (tertiary/aromatic N) is 1. The highest BCUT2D eigenvalue weighted by Crippen LogP contribution is 2.18. The van der Waals surface area contributed by atoms with Gasteiger partial charge in [0.15, 0.2) is 6.61 Å². The third-order valence-electron chi connectivity index (χ3n) is 2.15. The van der Waals surface area contributed by atoms with Crippen molar-refractivity contribution < 1.29 is 24.4 Å². The summed E-state index contributed by atoms with van der Waals surface area (Å²) in [5.41, 5.74) is -0.156. The third-order valence-corrected chi connectivity index (χ3v) is 2.15. The van der Waals surface area contributed by atoms with Gasteiger partial charge in [0.1, 0.15) is 11.8 Å². The molecule has 0 aliphatic heterocycles. The first-order valence-electron chi connectivity index (χ1n) is 5.29. The Labute approximate surface area is 108 Å². The Balaban J connectivity index is 2.53. The second kappa shape index (κ2) is 6.34. The highest BCUT2D eigenvalue weighted by molar-refractivity contribution is 5.84. The van der Waals surface area contributed by atoms with Crippen LogP contribution >= 0.6 is 0 Å². The summed E-state index contributed by atoms with van der Waals surface area (Å²) in [4.78, 5) is 31.7. The number of hydrogen-bond donors (Lipinski definition) is 2. The molecule has 0 spiro atoms. The SMILES string of the molecule is C[C@@H](NC(=O)COc1cccc([N+](=O)[O-])c1)C(=O)O. The van der Waals surface area contributed by atoms with Crippen molar-refractivity contribution in [3.8, 4) is 5.75 Å². The maximum Gasteiger partial charge on any atom is 0.325 e. The molecular weight excluding hydrogens is 256 g/mol. The number of carbonyl (C=O) groups excluding carboxylic acids is 1. The summed E-state index contributed by atoms with van der Waals surface area (Å²) in [7, 11) is 0. The molecule has 0 saturated carbocycles. The lowest BCUT2D eigenvalue weighted by Gasteiger charge is -2.10. The predicted octanol–water partition coefficient (Wildman–Crippen LogP) is 0.563. The second-order valence-electron chi connectivity index (χ2n) is 3.67. The first-order chi connectivity index (χ1) is 8.90. The molecule has 1 atom stereocenters. The number of carboxylic acids is 1. The lowest BCUT2D eigenvalue weighted by molar-refractivity contribution is -0.384. The molecule has 0 unspecified atom stereocenters. The molecule has 0 saturated heterocycles. The average Bonchev–Trinajstić information content (AvgIpc) is 2.36. The van der Waals surface area contributed by atoms with E-state index in [1.54, 1.807) is 0 Å². The zero-order valence-electron chi connectivity index (χ0n) is 10.0. The number of amides is 1. The summed E-state index contributed by atoms with van der Waals surface area (Å²) in [6, 6.07) is 4.32. The summed E-state index contributed by atoms with van der Waals surface area (Å²) < 4.78 is 5.03. The fourth-order valence-electron chi connectivity index (χ4n) is 1.18. The van der Waals surface area contributed by atoms with Crippen LogP contribution in [0.3, 0.4) is 0 Å². The molecule has 0 heterocycles. The van der Waals surface area contributed by atoms with Gasteiger partial charge < -0.3 is 15.2 Å². The minimum atomic E-state index is -1.16. The fraction of sp³-hybridized carbons (Fsp3) is 0.273. The summed E-state index contributed by atoms with van der Waals surface area (Å²) in [6.07, 6.45) is 0. The Morgan fingerprint density at radius 1 is 1.53 bits per heavy atom. The molecule has 1 aromatic carbocycles. The Hall–Kier alpha value is -2.64. The number of nitro groups is 1. The lowest BCUT2D eigenvalue weighted by atomic mass is 10.3. The van der Waals surface area contributed by atoms with Gasteiger partial charge in [0.05, 0.1) is 11.0 Å². The molecule has 0 bridgehead atoms. The van der Waals surface area contributed by atoms with E-state index in [-0.39, 0.29) is 11.4 Å². The van der Waals surface area contributed by atoms with Gasteiger partial charge in [-0.2, -0.15) is 0 Å². The molecule has 0 aliphatic rings. The zero-order valence-corrected chi connectivity index (χ0v) is 10.0. The molecule has 0 aliphatic carbocycles. The number of ether oxygens (including phenoxy) is 1.